The number of carbonyl (C=O) groups excluding carboxylic acids is 1. The van der Waals surface area contributed by atoms with Gasteiger partial charge in [-0.3, -0.25) is 14.5 Å². The number of benzene rings is 2. The van der Waals surface area contributed by atoms with Crippen LogP contribution in [0.15, 0.2) is 47.3 Å². The Morgan fingerprint density at radius 3 is 2.87 bits per heavy atom. The molecular formula is C22H24N4O4. The Kier molecular flexibility index (Phi) is 5.67. The van der Waals surface area contributed by atoms with Crippen molar-refractivity contribution in [1.29, 1.82) is 0 Å². The normalized spacial score (nSPS) is 13.6. The van der Waals surface area contributed by atoms with Crippen LogP contribution in [0.25, 0.3) is 10.9 Å². The molecule has 8 nitrogen and oxygen atoms in total. The number of likely N-dealkylation sites (N-methyl/N-ethyl adjacent to an activating group) is 1. The maximum Gasteiger partial charge on any atom is 0.258 e. The number of amides is 1. The number of ether oxygens (including phenoxy) is 2. The van der Waals surface area contributed by atoms with E-state index in [4.69, 9.17) is 9.47 Å². The summed E-state index contributed by atoms with van der Waals surface area (Å²) in [4.78, 5) is 34.1. The number of fused-ring (bicyclic) bond motifs is 2. The van der Waals surface area contributed by atoms with E-state index in [0.717, 1.165) is 5.56 Å². The first-order valence-electron chi connectivity index (χ1n) is 9.92. The summed E-state index contributed by atoms with van der Waals surface area (Å²) < 4.78 is 10.7. The van der Waals surface area contributed by atoms with Crippen molar-refractivity contribution in [3.63, 3.8) is 0 Å². The number of H-pyrrole nitrogens is 1. The smallest absolute Gasteiger partial charge is 0.258 e. The first-order chi connectivity index (χ1) is 14.5. The van der Waals surface area contributed by atoms with Crippen LogP contribution in [0, 0.1) is 0 Å². The standard InChI is InChI=1S/C22H24N4O4/c1-3-26(11-20-24-17-7-5-4-6-16(17)22(28)25-20)12-21(27)23-14(2)15-8-9-18-19(10-15)30-13-29-18/h4-10,14H,3,11-13H2,1-2H3,(H,23,27)(H,24,25,28)/t14-/m1/s1. The van der Waals surface area contributed by atoms with Crippen LogP contribution >= 0.6 is 0 Å². The minimum absolute atomic E-state index is 0.106. The molecule has 8 heteroatoms. The molecule has 0 saturated heterocycles. The molecule has 156 valence electrons. The van der Waals surface area contributed by atoms with Gasteiger partial charge >= 0.3 is 0 Å². The number of carbonyl (C=O) groups is 1. The largest absolute Gasteiger partial charge is 0.454 e. The van der Waals surface area contributed by atoms with Gasteiger partial charge in [0.15, 0.2) is 11.5 Å². The summed E-state index contributed by atoms with van der Waals surface area (Å²) in [5.74, 6) is 1.84. The Hall–Kier alpha value is -3.39. The second-order valence-corrected chi connectivity index (χ2v) is 7.23. The molecule has 30 heavy (non-hydrogen) atoms. The summed E-state index contributed by atoms with van der Waals surface area (Å²) in [5, 5.41) is 3.56. The maximum absolute atomic E-state index is 12.6. The van der Waals surface area contributed by atoms with E-state index in [1.165, 1.54) is 0 Å². The quantitative estimate of drug-likeness (QED) is 0.623. The highest BCUT2D eigenvalue weighted by atomic mass is 16.7. The van der Waals surface area contributed by atoms with E-state index in [9.17, 15) is 9.59 Å². The molecule has 0 bridgehead atoms. The van der Waals surface area contributed by atoms with Gasteiger partial charge in [-0.2, -0.15) is 0 Å². The van der Waals surface area contributed by atoms with Crippen molar-refractivity contribution < 1.29 is 14.3 Å². The minimum atomic E-state index is -0.177. The number of aromatic amines is 1. The van der Waals surface area contributed by atoms with Crippen LogP contribution in [-0.4, -0.2) is 40.7 Å². The van der Waals surface area contributed by atoms with Gasteiger partial charge in [-0.1, -0.05) is 25.1 Å². The highest BCUT2D eigenvalue weighted by Crippen LogP contribution is 2.34. The van der Waals surface area contributed by atoms with Crippen molar-refractivity contribution in [3.8, 4) is 11.5 Å². The molecule has 1 atom stereocenters. The SMILES string of the molecule is CCN(CC(=O)N[C@H](C)c1ccc2c(c1)OCO2)Cc1nc2ccccc2c(=O)[nH]1. The minimum Gasteiger partial charge on any atom is -0.454 e. The topological polar surface area (TPSA) is 96.6 Å². The van der Waals surface area contributed by atoms with E-state index in [1.54, 1.807) is 6.07 Å². The second kappa shape index (κ2) is 8.54. The fraction of sp³-hybridized carbons (Fsp3) is 0.318. The van der Waals surface area contributed by atoms with Gasteiger partial charge in [0, 0.05) is 0 Å². The lowest BCUT2D eigenvalue weighted by atomic mass is 10.1. The van der Waals surface area contributed by atoms with Crippen molar-refractivity contribution in [2.75, 3.05) is 19.9 Å². The third kappa shape index (κ3) is 4.28. The zero-order chi connectivity index (χ0) is 21.1. The van der Waals surface area contributed by atoms with Gasteiger partial charge in [0.25, 0.3) is 5.56 Å². The number of hydrogen-bond acceptors (Lipinski definition) is 6. The molecule has 1 amide bonds. The van der Waals surface area contributed by atoms with Gasteiger partial charge in [-0.05, 0) is 43.3 Å². The van der Waals surface area contributed by atoms with E-state index in [2.05, 4.69) is 15.3 Å². The zero-order valence-corrected chi connectivity index (χ0v) is 17.0. The number of rotatable bonds is 7. The van der Waals surface area contributed by atoms with Crippen LogP contribution in [-0.2, 0) is 11.3 Å². The summed E-state index contributed by atoms with van der Waals surface area (Å²) in [7, 11) is 0. The van der Waals surface area contributed by atoms with Gasteiger partial charge in [-0.25, -0.2) is 4.98 Å². The van der Waals surface area contributed by atoms with Gasteiger partial charge in [-0.15, -0.1) is 0 Å². The lowest BCUT2D eigenvalue weighted by Gasteiger charge is -2.21. The molecule has 1 aliphatic rings. The van der Waals surface area contributed by atoms with Crippen molar-refractivity contribution >= 4 is 16.8 Å². The lowest BCUT2D eigenvalue weighted by Crippen LogP contribution is -2.38. The third-order valence-corrected chi connectivity index (χ3v) is 5.12. The first-order valence-corrected chi connectivity index (χ1v) is 9.92. The zero-order valence-electron chi connectivity index (χ0n) is 17.0. The molecule has 0 spiro atoms. The third-order valence-electron chi connectivity index (χ3n) is 5.12. The predicted molar refractivity (Wildman–Crippen MR) is 112 cm³/mol. The molecule has 0 saturated carbocycles. The summed E-state index contributed by atoms with van der Waals surface area (Å²) in [6.45, 7) is 5.32. The average molecular weight is 408 g/mol. The molecule has 0 radical (unpaired) electrons. The molecule has 1 aromatic heterocycles. The van der Waals surface area contributed by atoms with E-state index in [1.807, 2.05) is 55.1 Å². The van der Waals surface area contributed by atoms with Crippen LogP contribution in [0.5, 0.6) is 11.5 Å². The Morgan fingerprint density at radius 2 is 2.03 bits per heavy atom. The van der Waals surface area contributed by atoms with Crippen LogP contribution in [0.4, 0.5) is 0 Å². The number of nitrogens with one attached hydrogen (secondary N) is 2. The molecule has 0 fully saturated rings. The molecule has 1 aliphatic heterocycles. The predicted octanol–water partition coefficient (Wildman–Crippen LogP) is 2.35. The molecule has 0 unspecified atom stereocenters. The fourth-order valence-electron chi connectivity index (χ4n) is 3.46. The number of aromatic nitrogens is 2. The molecule has 2 heterocycles. The van der Waals surface area contributed by atoms with Crippen LogP contribution < -0.4 is 20.3 Å². The Labute approximate surface area is 173 Å². The summed E-state index contributed by atoms with van der Waals surface area (Å²) in [5.41, 5.74) is 1.41. The molecule has 2 N–H and O–H groups in total. The van der Waals surface area contributed by atoms with Crippen molar-refractivity contribution in [1.82, 2.24) is 20.2 Å². The molecular weight excluding hydrogens is 384 g/mol. The molecule has 0 aliphatic carbocycles. The number of hydrogen-bond donors (Lipinski definition) is 2. The molecule has 4 rings (SSSR count). The van der Waals surface area contributed by atoms with Gasteiger partial charge < -0.3 is 19.8 Å². The van der Waals surface area contributed by atoms with E-state index < -0.39 is 0 Å². The molecule has 3 aromatic rings. The number of para-hydroxylation sites is 1. The van der Waals surface area contributed by atoms with Gasteiger partial charge in [0.2, 0.25) is 12.7 Å². The van der Waals surface area contributed by atoms with Crippen LogP contribution in [0.3, 0.4) is 0 Å². The summed E-state index contributed by atoms with van der Waals surface area (Å²) in [6.07, 6.45) is 0. The maximum atomic E-state index is 12.6. The Balaban J connectivity index is 1.39. The first kappa shape index (κ1) is 19.9. The highest BCUT2D eigenvalue weighted by Gasteiger charge is 2.18. The number of nitrogens with zero attached hydrogens (tertiary/aromatic N) is 2. The van der Waals surface area contributed by atoms with Gasteiger partial charge in [0.1, 0.15) is 5.82 Å². The second-order valence-electron chi connectivity index (χ2n) is 7.23. The van der Waals surface area contributed by atoms with E-state index >= 15 is 0 Å². The van der Waals surface area contributed by atoms with Crippen LogP contribution in [0.1, 0.15) is 31.3 Å². The van der Waals surface area contributed by atoms with Crippen LogP contribution in [0.2, 0.25) is 0 Å². The Morgan fingerprint density at radius 1 is 1.23 bits per heavy atom. The monoisotopic (exact) mass is 408 g/mol. The van der Waals surface area contributed by atoms with Crippen molar-refractivity contribution in [2.24, 2.45) is 0 Å². The summed E-state index contributed by atoms with van der Waals surface area (Å²) >= 11 is 0. The fourth-order valence-corrected chi connectivity index (χ4v) is 3.46. The van der Waals surface area contributed by atoms with Crippen molar-refractivity contribution in [2.45, 2.75) is 26.4 Å². The lowest BCUT2D eigenvalue weighted by molar-refractivity contribution is -0.123. The highest BCUT2D eigenvalue weighted by molar-refractivity contribution is 5.78. The summed E-state index contributed by atoms with van der Waals surface area (Å²) in [6, 6.07) is 12.7. The Bertz CT molecular complexity index is 1130. The van der Waals surface area contributed by atoms with E-state index in [-0.39, 0.29) is 30.8 Å². The van der Waals surface area contributed by atoms with Gasteiger partial charge in [0.05, 0.1) is 30.0 Å². The average Bonchev–Trinajstić information content (AvgIpc) is 3.21. The van der Waals surface area contributed by atoms with Crippen molar-refractivity contribution in [3.05, 3.63) is 64.2 Å². The molecule has 2 aromatic carbocycles. The van der Waals surface area contributed by atoms with E-state index in [0.29, 0.717) is 41.3 Å².